The molecule has 0 radical (unpaired) electrons. The van der Waals surface area contributed by atoms with Crippen LogP contribution in [0.3, 0.4) is 0 Å². The lowest BCUT2D eigenvalue weighted by Crippen LogP contribution is -1.89. The van der Waals surface area contributed by atoms with Crippen LogP contribution in [-0.4, -0.2) is 20.3 Å². The van der Waals surface area contributed by atoms with Crippen LogP contribution in [0.25, 0.3) is 0 Å². The molecule has 1 aromatic carbocycles. The van der Waals surface area contributed by atoms with Gasteiger partial charge in [0.15, 0.2) is 11.5 Å². The summed E-state index contributed by atoms with van der Waals surface area (Å²) in [6, 6.07) is 4.36. The van der Waals surface area contributed by atoms with Crippen molar-refractivity contribution in [2.45, 2.75) is 6.42 Å². The maximum absolute atomic E-state index is 10.9. The Hall–Kier alpha value is -1.95. The van der Waals surface area contributed by atoms with Crippen molar-refractivity contribution in [2.75, 3.05) is 0 Å². The molecule has 0 saturated heterocycles. The SMILES string of the molecule is O=c1[nH]c(O)c(Cc2ccc(O)c(O)c2)s1. The van der Waals surface area contributed by atoms with E-state index in [0.29, 0.717) is 16.9 Å². The molecular formula is C10H9NO4S. The molecule has 84 valence electrons. The number of aromatic amines is 1. The van der Waals surface area contributed by atoms with Crippen LogP contribution in [0.5, 0.6) is 17.4 Å². The third kappa shape index (κ3) is 2.01. The summed E-state index contributed by atoms with van der Waals surface area (Å²) in [6.07, 6.45) is 0.322. The number of hydrogen-bond acceptors (Lipinski definition) is 5. The molecule has 5 nitrogen and oxygen atoms in total. The van der Waals surface area contributed by atoms with Crippen molar-refractivity contribution in [2.24, 2.45) is 0 Å². The van der Waals surface area contributed by atoms with Crippen molar-refractivity contribution in [3.63, 3.8) is 0 Å². The van der Waals surface area contributed by atoms with E-state index in [1.54, 1.807) is 6.07 Å². The zero-order valence-corrected chi connectivity index (χ0v) is 8.91. The first-order valence-corrected chi connectivity index (χ1v) is 5.29. The van der Waals surface area contributed by atoms with Crippen molar-refractivity contribution in [1.82, 2.24) is 4.98 Å². The number of nitrogens with one attached hydrogen (secondary N) is 1. The van der Waals surface area contributed by atoms with Gasteiger partial charge in [0, 0.05) is 6.42 Å². The predicted molar refractivity (Wildman–Crippen MR) is 59.2 cm³/mol. The Bertz CT molecular complexity index is 572. The minimum Gasteiger partial charge on any atom is -0.504 e. The Morgan fingerprint density at radius 2 is 1.94 bits per heavy atom. The molecule has 1 aromatic heterocycles. The van der Waals surface area contributed by atoms with Gasteiger partial charge in [-0.1, -0.05) is 17.4 Å². The van der Waals surface area contributed by atoms with Crippen molar-refractivity contribution >= 4 is 11.3 Å². The highest BCUT2D eigenvalue weighted by Gasteiger charge is 2.08. The summed E-state index contributed by atoms with van der Waals surface area (Å²) in [6.45, 7) is 0. The highest BCUT2D eigenvalue weighted by atomic mass is 32.1. The number of thiazole rings is 1. The lowest BCUT2D eigenvalue weighted by molar-refractivity contribution is 0.403. The molecule has 0 unspecified atom stereocenters. The van der Waals surface area contributed by atoms with E-state index in [4.69, 9.17) is 5.11 Å². The number of phenolic OH excluding ortho intramolecular Hbond substituents is 2. The van der Waals surface area contributed by atoms with E-state index in [-0.39, 0.29) is 22.3 Å². The van der Waals surface area contributed by atoms with Crippen molar-refractivity contribution in [3.8, 4) is 17.4 Å². The van der Waals surface area contributed by atoms with Crippen molar-refractivity contribution < 1.29 is 15.3 Å². The smallest absolute Gasteiger partial charge is 0.307 e. The maximum Gasteiger partial charge on any atom is 0.307 e. The summed E-state index contributed by atoms with van der Waals surface area (Å²) in [5.41, 5.74) is 0.695. The quantitative estimate of drug-likeness (QED) is 0.591. The Labute approximate surface area is 94.3 Å². The van der Waals surface area contributed by atoms with E-state index in [0.717, 1.165) is 11.3 Å². The Morgan fingerprint density at radius 3 is 2.50 bits per heavy atom. The number of benzene rings is 1. The third-order valence-electron chi connectivity index (χ3n) is 2.10. The van der Waals surface area contributed by atoms with Gasteiger partial charge in [0.25, 0.3) is 0 Å². The van der Waals surface area contributed by atoms with Gasteiger partial charge >= 0.3 is 4.87 Å². The molecule has 0 aliphatic heterocycles. The molecule has 16 heavy (non-hydrogen) atoms. The average molecular weight is 239 g/mol. The van der Waals surface area contributed by atoms with E-state index in [9.17, 15) is 15.0 Å². The summed E-state index contributed by atoms with van der Waals surface area (Å²) in [7, 11) is 0. The van der Waals surface area contributed by atoms with E-state index in [2.05, 4.69) is 4.98 Å². The summed E-state index contributed by atoms with van der Waals surface area (Å²) >= 11 is 0.914. The first-order chi connectivity index (χ1) is 7.56. The molecule has 0 bridgehead atoms. The van der Waals surface area contributed by atoms with E-state index >= 15 is 0 Å². The van der Waals surface area contributed by atoms with E-state index in [1.165, 1.54) is 12.1 Å². The molecule has 0 saturated carbocycles. The van der Waals surface area contributed by atoms with Crippen LogP contribution in [-0.2, 0) is 6.42 Å². The molecule has 6 heteroatoms. The van der Waals surface area contributed by atoms with Crippen LogP contribution in [0.2, 0.25) is 0 Å². The molecular weight excluding hydrogens is 230 g/mol. The number of phenols is 2. The highest BCUT2D eigenvalue weighted by Crippen LogP contribution is 2.27. The van der Waals surface area contributed by atoms with Crippen LogP contribution in [0.1, 0.15) is 10.4 Å². The second-order valence-corrected chi connectivity index (χ2v) is 4.35. The minimum atomic E-state index is -0.324. The molecule has 0 aliphatic carbocycles. The molecule has 2 aromatic rings. The van der Waals surface area contributed by atoms with Crippen LogP contribution in [0.4, 0.5) is 0 Å². The second kappa shape index (κ2) is 3.90. The largest absolute Gasteiger partial charge is 0.504 e. The number of aromatic nitrogens is 1. The van der Waals surface area contributed by atoms with Gasteiger partial charge in [0.2, 0.25) is 5.88 Å². The summed E-state index contributed by atoms with van der Waals surface area (Å²) in [5, 5.41) is 27.7. The fraction of sp³-hybridized carbons (Fsp3) is 0.100. The second-order valence-electron chi connectivity index (χ2n) is 3.29. The van der Waals surface area contributed by atoms with Gasteiger partial charge in [0.05, 0.1) is 4.88 Å². The van der Waals surface area contributed by atoms with Gasteiger partial charge in [-0.05, 0) is 17.7 Å². The molecule has 0 spiro atoms. The number of rotatable bonds is 2. The lowest BCUT2D eigenvalue weighted by Gasteiger charge is -2.01. The molecule has 1 heterocycles. The topological polar surface area (TPSA) is 93.6 Å². The molecule has 2 rings (SSSR count). The number of H-pyrrole nitrogens is 1. The van der Waals surface area contributed by atoms with Crippen LogP contribution < -0.4 is 4.87 Å². The van der Waals surface area contributed by atoms with Gasteiger partial charge in [-0.25, -0.2) is 0 Å². The lowest BCUT2D eigenvalue weighted by atomic mass is 10.1. The summed E-state index contributed by atoms with van der Waals surface area (Å²) < 4.78 is 0. The van der Waals surface area contributed by atoms with Gasteiger partial charge < -0.3 is 15.3 Å². The van der Waals surface area contributed by atoms with Gasteiger partial charge in [-0.3, -0.25) is 9.78 Å². The first kappa shape index (κ1) is 10.6. The fourth-order valence-corrected chi connectivity index (χ4v) is 2.09. The van der Waals surface area contributed by atoms with Crippen LogP contribution in [0.15, 0.2) is 23.0 Å². The van der Waals surface area contributed by atoms with Gasteiger partial charge in [0.1, 0.15) is 0 Å². The zero-order chi connectivity index (χ0) is 11.7. The van der Waals surface area contributed by atoms with Gasteiger partial charge in [-0.15, -0.1) is 0 Å². The summed E-state index contributed by atoms with van der Waals surface area (Å²) in [4.78, 5) is 13.4. The van der Waals surface area contributed by atoms with E-state index < -0.39 is 0 Å². The molecule has 0 fully saturated rings. The fourth-order valence-electron chi connectivity index (χ4n) is 1.34. The Kier molecular flexibility index (Phi) is 2.57. The zero-order valence-electron chi connectivity index (χ0n) is 8.10. The van der Waals surface area contributed by atoms with Crippen LogP contribution in [0, 0.1) is 0 Å². The normalized spacial score (nSPS) is 10.5. The maximum atomic E-state index is 10.9. The first-order valence-electron chi connectivity index (χ1n) is 4.48. The predicted octanol–water partition coefficient (Wildman–Crippen LogP) is 1.14. The van der Waals surface area contributed by atoms with Crippen LogP contribution >= 0.6 is 11.3 Å². The number of aromatic hydroxyl groups is 3. The number of hydrogen-bond donors (Lipinski definition) is 4. The molecule has 0 aliphatic rings. The Morgan fingerprint density at radius 1 is 1.19 bits per heavy atom. The molecule has 0 atom stereocenters. The molecule has 0 amide bonds. The van der Waals surface area contributed by atoms with E-state index in [1.807, 2.05) is 0 Å². The standard InChI is InChI=1S/C10H9NO4S/c12-6-2-1-5(3-7(6)13)4-8-9(14)11-10(15)16-8/h1-3,12-14H,4H2,(H,11,15). The van der Waals surface area contributed by atoms with Crippen molar-refractivity contribution in [3.05, 3.63) is 38.3 Å². The Balaban J connectivity index is 2.30. The summed E-state index contributed by atoms with van der Waals surface area (Å²) in [5.74, 6) is -0.572. The van der Waals surface area contributed by atoms with Crippen molar-refractivity contribution in [1.29, 1.82) is 0 Å². The monoisotopic (exact) mass is 239 g/mol. The van der Waals surface area contributed by atoms with Gasteiger partial charge in [-0.2, -0.15) is 0 Å². The molecule has 4 N–H and O–H groups in total. The minimum absolute atomic E-state index is 0.150. The highest BCUT2D eigenvalue weighted by molar-refractivity contribution is 7.09. The third-order valence-corrected chi connectivity index (χ3v) is 2.98. The average Bonchev–Trinajstić information content (AvgIpc) is 2.51.